The number of rotatable bonds is 3. The SMILES string of the molecule is CC(C)(C)OC(=O)N(CC1CC1)c1ccc2ccc(Br)cc2n1. The minimum atomic E-state index is -0.515. The molecule has 5 heteroatoms. The summed E-state index contributed by atoms with van der Waals surface area (Å²) < 4.78 is 6.53. The van der Waals surface area contributed by atoms with Crippen LogP contribution in [0.1, 0.15) is 33.6 Å². The van der Waals surface area contributed by atoms with E-state index in [1.165, 1.54) is 12.8 Å². The summed E-state index contributed by atoms with van der Waals surface area (Å²) in [5.41, 5.74) is 0.347. The molecule has 0 bridgehead atoms. The van der Waals surface area contributed by atoms with E-state index in [9.17, 15) is 4.79 Å². The molecule has 1 amide bonds. The Morgan fingerprint density at radius 2 is 2.00 bits per heavy atom. The number of nitrogens with zero attached hydrogens (tertiary/aromatic N) is 2. The molecule has 1 aliphatic rings. The zero-order valence-corrected chi connectivity index (χ0v) is 15.3. The average Bonchev–Trinajstić information content (AvgIpc) is 3.26. The first kappa shape index (κ1) is 16.2. The molecule has 0 N–H and O–H groups in total. The number of aromatic nitrogens is 1. The van der Waals surface area contributed by atoms with Gasteiger partial charge in [-0.1, -0.05) is 22.0 Å². The highest BCUT2D eigenvalue weighted by Gasteiger charge is 2.31. The van der Waals surface area contributed by atoms with Crippen molar-refractivity contribution in [3.63, 3.8) is 0 Å². The van der Waals surface area contributed by atoms with Crippen LogP contribution >= 0.6 is 15.9 Å². The van der Waals surface area contributed by atoms with Gasteiger partial charge in [0.05, 0.1) is 5.52 Å². The van der Waals surface area contributed by atoms with Gasteiger partial charge in [0.25, 0.3) is 0 Å². The number of benzene rings is 1. The van der Waals surface area contributed by atoms with Crippen LogP contribution in [0.3, 0.4) is 0 Å². The third kappa shape index (κ3) is 4.22. The van der Waals surface area contributed by atoms with Gasteiger partial charge in [-0.3, -0.25) is 4.90 Å². The summed E-state index contributed by atoms with van der Waals surface area (Å²) in [7, 11) is 0. The lowest BCUT2D eigenvalue weighted by Gasteiger charge is -2.27. The number of pyridine rings is 1. The number of halogens is 1. The van der Waals surface area contributed by atoms with Crippen LogP contribution in [0.2, 0.25) is 0 Å². The van der Waals surface area contributed by atoms with Crippen molar-refractivity contribution >= 4 is 38.7 Å². The van der Waals surface area contributed by atoms with E-state index in [-0.39, 0.29) is 6.09 Å². The van der Waals surface area contributed by atoms with Gasteiger partial charge in [-0.15, -0.1) is 0 Å². The molecule has 0 atom stereocenters. The highest BCUT2D eigenvalue weighted by atomic mass is 79.9. The summed E-state index contributed by atoms with van der Waals surface area (Å²) in [6.07, 6.45) is 2.00. The largest absolute Gasteiger partial charge is 0.443 e. The van der Waals surface area contributed by atoms with Gasteiger partial charge >= 0.3 is 6.09 Å². The molecule has 1 heterocycles. The van der Waals surface area contributed by atoms with E-state index in [0.717, 1.165) is 15.4 Å². The molecule has 0 spiro atoms. The molecular formula is C18H21BrN2O2. The standard InChI is InChI=1S/C18H21BrN2O2/c1-18(2,3)23-17(22)21(11-12-4-5-12)16-9-7-13-6-8-14(19)10-15(13)20-16/h6-10,12H,4-5,11H2,1-3H3. The Labute approximate surface area is 145 Å². The van der Waals surface area contributed by atoms with Gasteiger partial charge in [0.15, 0.2) is 0 Å². The molecule has 122 valence electrons. The van der Waals surface area contributed by atoms with Crippen molar-refractivity contribution in [3.8, 4) is 0 Å². The fourth-order valence-electron chi connectivity index (χ4n) is 2.37. The van der Waals surface area contributed by atoms with E-state index < -0.39 is 5.60 Å². The van der Waals surface area contributed by atoms with E-state index in [0.29, 0.717) is 18.3 Å². The lowest BCUT2D eigenvalue weighted by molar-refractivity contribution is 0.0577. The van der Waals surface area contributed by atoms with Crippen LogP contribution in [0.15, 0.2) is 34.8 Å². The molecule has 1 saturated carbocycles. The first-order valence-corrected chi connectivity index (χ1v) is 8.68. The van der Waals surface area contributed by atoms with Gasteiger partial charge in [0.2, 0.25) is 0 Å². The zero-order chi connectivity index (χ0) is 16.6. The molecule has 0 radical (unpaired) electrons. The monoisotopic (exact) mass is 376 g/mol. The van der Waals surface area contributed by atoms with Crippen molar-refractivity contribution in [3.05, 3.63) is 34.8 Å². The number of carbonyl (C=O) groups is 1. The van der Waals surface area contributed by atoms with Crippen molar-refractivity contribution < 1.29 is 9.53 Å². The van der Waals surface area contributed by atoms with Crippen LogP contribution in [-0.2, 0) is 4.74 Å². The second-order valence-corrected chi connectivity index (χ2v) is 7.96. The molecular weight excluding hydrogens is 356 g/mol. The maximum absolute atomic E-state index is 12.6. The Balaban J connectivity index is 1.93. The minimum Gasteiger partial charge on any atom is -0.443 e. The number of carbonyl (C=O) groups excluding carboxylic acids is 1. The van der Waals surface area contributed by atoms with Crippen molar-refractivity contribution in [2.75, 3.05) is 11.4 Å². The lowest BCUT2D eigenvalue weighted by Crippen LogP contribution is -2.38. The van der Waals surface area contributed by atoms with Gasteiger partial charge in [0.1, 0.15) is 11.4 Å². The van der Waals surface area contributed by atoms with Gasteiger partial charge in [-0.05, 0) is 63.8 Å². The molecule has 1 aromatic carbocycles. The van der Waals surface area contributed by atoms with E-state index in [1.54, 1.807) is 4.90 Å². The quantitative estimate of drug-likeness (QED) is 0.743. The lowest BCUT2D eigenvalue weighted by atomic mass is 10.2. The summed E-state index contributed by atoms with van der Waals surface area (Å²) in [5, 5.41) is 1.05. The fourth-order valence-corrected chi connectivity index (χ4v) is 2.72. The third-order valence-electron chi connectivity index (χ3n) is 3.67. The smallest absolute Gasteiger partial charge is 0.416 e. The van der Waals surface area contributed by atoms with Gasteiger partial charge < -0.3 is 4.74 Å². The third-order valence-corrected chi connectivity index (χ3v) is 4.16. The number of hydrogen-bond acceptors (Lipinski definition) is 3. The maximum Gasteiger partial charge on any atom is 0.416 e. The summed E-state index contributed by atoms with van der Waals surface area (Å²) in [5.74, 6) is 1.21. The van der Waals surface area contributed by atoms with Crippen molar-refractivity contribution in [2.45, 2.75) is 39.2 Å². The Kier molecular flexibility index (Phi) is 4.32. The first-order chi connectivity index (χ1) is 10.8. The van der Waals surface area contributed by atoms with Gasteiger partial charge in [0, 0.05) is 16.4 Å². The Bertz CT molecular complexity index is 735. The highest BCUT2D eigenvalue weighted by Crippen LogP contribution is 2.32. The van der Waals surface area contributed by atoms with Gasteiger partial charge in [-0.2, -0.15) is 0 Å². The summed E-state index contributed by atoms with van der Waals surface area (Å²) in [6, 6.07) is 9.84. The van der Waals surface area contributed by atoms with Crippen LogP contribution in [-0.4, -0.2) is 23.2 Å². The highest BCUT2D eigenvalue weighted by molar-refractivity contribution is 9.10. The van der Waals surface area contributed by atoms with E-state index in [1.807, 2.05) is 51.1 Å². The summed E-state index contributed by atoms with van der Waals surface area (Å²) in [6.45, 7) is 6.31. The molecule has 3 rings (SSSR count). The van der Waals surface area contributed by atoms with Crippen LogP contribution < -0.4 is 4.90 Å². The average molecular weight is 377 g/mol. The van der Waals surface area contributed by atoms with Crippen LogP contribution in [0.4, 0.5) is 10.6 Å². The topological polar surface area (TPSA) is 42.4 Å². The molecule has 0 unspecified atom stereocenters. The maximum atomic E-state index is 12.6. The van der Waals surface area contributed by atoms with Crippen LogP contribution in [0.25, 0.3) is 10.9 Å². The molecule has 4 nitrogen and oxygen atoms in total. The number of hydrogen-bond donors (Lipinski definition) is 0. The molecule has 0 aliphatic heterocycles. The number of fused-ring (bicyclic) bond motifs is 1. The summed E-state index contributed by atoms with van der Waals surface area (Å²) >= 11 is 3.47. The van der Waals surface area contributed by atoms with Gasteiger partial charge in [-0.25, -0.2) is 9.78 Å². The van der Waals surface area contributed by atoms with Crippen LogP contribution in [0.5, 0.6) is 0 Å². The molecule has 1 aromatic heterocycles. The van der Waals surface area contributed by atoms with Crippen molar-refractivity contribution in [1.29, 1.82) is 0 Å². The van der Waals surface area contributed by atoms with Crippen molar-refractivity contribution in [2.24, 2.45) is 5.92 Å². The molecule has 2 aromatic rings. The minimum absolute atomic E-state index is 0.328. The predicted octanol–water partition coefficient (Wildman–Crippen LogP) is 5.15. The van der Waals surface area contributed by atoms with E-state index in [4.69, 9.17) is 4.74 Å². The van der Waals surface area contributed by atoms with Crippen molar-refractivity contribution in [1.82, 2.24) is 4.98 Å². The van der Waals surface area contributed by atoms with Crippen LogP contribution in [0, 0.1) is 5.92 Å². The second kappa shape index (κ2) is 6.11. The number of ether oxygens (including phenoxy) is 1. The second-order valence-electron chi connectivity index (χ2n) is 7.04. The first-order valence-electron chi connectivity index (χ1n) is 7.89. The normalized spacial score (nSPS) is 14.8. The fraction of sp³-hybridized carbons (Fsp3) is 0.444. The molecule has 1 fully saturated rings. The summed E-state index contributed by atoms with van der Waals surface area (Å²) in [4.78, 5) is 18.9. The Morgan fingerprint density at radius 3 is 2.65 bits per heavy atom. The number of amides is 1. The van der Waals surface area contributed by atoms with E-state index in [2.05, 4.69) is 20.9 Å². The Hall–Kier alpha value is -1.62. The molecule has 0 saturated heterocycles. The number of anilines is 1. The molecule has 23 heavy (non-hydrogen) atoms. The predicted molar refractivity (Wildman–Crippen MR) is 95.7 cm³/mol. The van der Waals surface area contributed by atoms with E-state index >= 15 is 0 Å². The zero-order valence-electron chi connectivity index (χ0n) is 13.7. The Morgan fingerprint density at radius 1 is 1.30 bits per heavy atom. The molecule has 1 aliphatic carbocycles.